The zero-order valence-electron chi connectivity index (χ0n) is 8.24. The number of aromatic carboxylic acids is 1. The smallest absolute Gasteiger partial charge is 0.335 e. The van der Waals surface area contributed by atoms with E-state index in [9.17, 15) is 4.79 Å². The molecule has 14 heavy (non-hydrogen) atoms. The van der Waals surface area contributed by atoms with Gasteiger partial charge >= 0.3 is 5.97 Å². The van der Waals surface area contributed by atoms with Crippen LogP contribution in [0, 0.1) is 11.3 Å². The Balaban J connectivity index is 2.94. The van der Waals surface area contributed by atoms with E-state index in [0.717, 1.165) is 5.56 Å². The van der Waals surface area contributed by atoms with Crippen LogP contribution in [-0.2, 0) is 0 Å². The molecule has 0 aliphatic carbocycles. The molecule has 0 unspecified atom stereocenters. The minimum absolute atomic E-state index is 0.158. The summed E-state index contributed by atoms with van der Waals surface area (Å²) in [6.07, 6.45) is 0. The second-order valence-corrected chi connectivity index (χ2v) is 3.45. The lowest BCUT2D eigenvalue weighted by atomic mass is 9.99. The summed E-state index contributed by atoms with van der Waals surface area (Å²) in [6.45, 7) is 3.88. The number of benzene rings is 1. The number of carboxylic acids is 1. The molecule has 0 amide bonds. The highest BCUT2D eigenvalue weighted by Gasteiger charge is 2.07. The van der Waals surface area contributed by atoms with Crippen LogP contribution in [-0.4, -0.2) is 16.8 Å². The first-order valence-corrected chi connectivity index (χ1v) is 4.44. The Morgan fingerprint density at radius 1 is 1.21 bits per heavy atom. The van der Waals surface area contributed by atoms with E-state index < -0.39 is 5.97 Å². The summed E-state index contributed by atoms with van der Waals surface area (Å²) in [5.74, 6) is -0.779. The first kappa shape index (κ1) is 10.4. The highest BCUT2D eigenvalue weighted by Crippen LogP contribution is 2.09. The SMILES string of the molecule is CC(C)C(=N)c1ccc(C(=O)O)cc1. The summed E-state index contributed by atoms with van der Waals surface area (Å²) in [5, 5.41) is 16.4. The fourth-order valence-corrected chi connectivity index (χ4v) is 1.13. The summed E-state index contributed by atoms with van der Waals surface area (Å²) in [5.41, 5.74) is 1.57. The quantitative estimate of drug-likeness (QED) is 0.720. The largest absolute Gasteiger partial charge is 0.478 e. The third-order valence-electron chi connectivity index (χ3n) is 2.02. The van der Waals surface area contributed by atoms with Gasteiger partial charge in [0, 0.05) is 5.71 Å². The van der Waals surface area contributed by atoms with E-state index in [1.165, 1.54) is 12.1 Å². The highest BCUT2D eigenvalue weighted by atomic mass is 16.4. The molecule has 0 bridgehead atoms. The van der Waals surface area contributed by atoms with Gasteiger partial charge in [-0.3, -0.25) is 0 Å². The summed E-state index contributed by atoms with van der Waals surface area (Å²) < 4.78 is 0. The maximum Gasteiger partial charge on any atom is 0.335 e. The standard InChI is InChI=1S/C11H13NO2/c1-7(2)10(12)8-3-5-9(6-4-8)11(13)14/h3-7,12H,1-2H3,(H,13,14). The summed E-state index contributed by atoms with van der Waals surface area (Å²) in [4.78, 5) is 10.6. The highest BCUT2D eigenvalue weighted by molar-refractivity contribution is 6.00. The van der Waals surface area contributed by atoms with Crippen LogP contribution in [0.1, 0.15) is 29.8 Å². The second-order valence-electron chi connectivity index (χ2n) is 3.45. The third-order valence-corrected chi connectivity index (χ3v) is 2.02. The minimum atomic E-state index is -0.937. The van der Waals surface area contributed by atoms with E-state index in [1.807, 2.05) is 13.8 Å². The molecule has 0 radical (unpaired) electrons. The van der Waals surface area contributed by atoms with Crippen molar-refractivity contribution in [2.75, 3.05) is 0 Å². The number of nitrogens with one attached hydrogen (secondary N) is 1. The first-order chi connectivity index (χ1) is 6.52. The third kappa shape index (κ3) is 2.19. The van der Waals surface area contributed by atoms with Crippen molar-refractivity contribution < 1.29 is 9.90 Å². The number of carboxylic acid groups (broad SMARTS) is 1. The van der Waals surface area contributed by atoms with Gasteiger partial charge in [0.05, 0.1) is 5.56 Å². The zero-order chi connectivity index (χ0) is 10.7. The van der Waals surface area contributed by atoms with Crippen molar-refractivity contribution in [2.24, 2.45) is 5.92 Å². The van der Waals surface area contributed by atoms with E-state index in [-0.39, 0.29) is 11.5 Å². The molecule has 2 N–H and O–H groups in total. The first-order valence-electron chi connectivity index (χ1n) is 4.44. The van der Waals surface area contributed by atoms with Crippen LogP contribution in [0.5, 0.6) is 0 Å². The Morgan fingerprint density at radius 3 is 2.00 bits per heavy atom. The number of rotatable bonds is 3. The Labute approximate surface area is 82.9 Å². The van der Waals surface area contributed by atoms with Crippen molar-refractivity contribution in [1.29, 1.82) is 5.41 Å². The normalized spacial score (nSPS) is 10.2. The number of carbonyl (C=O) groups is 1. The molecule has 0 aromatic heterocycles. The average Bonchev–Trinajstić information content (AvgIpc) is 2.16. The molecule has 0 fully saturated rings. The van der Waals surface area contributed by atoms with Gasteiger partial charge in [0.1, 0.15) is 0 Å². The molecule has 74 valence electrons. The fourth-order valence-electron chi connectivity index (χ4n) is 1.13. The van der Waals surface area contributed by atoms with E-state index in [2.05, 4.69) is 0 Å². The van der Waals surface area contributed by atoms with Crippen LogP contribution in [0.3, 0.4) is 0 Å². The van der Waals surface area contributed by atoms with Gasteiger partial charge < -0.3 is 10.5 Å². The van der Waals surface area contributed by atoms with Crippen LogP contribution in [0.4, 0.5) is 0 Å². The number of hydrogen-bond acceptors (Lipinski definition) is 2. The summed E-state index contributed by atoms with van der Waals surface area (Å²) in [6, 6.07) is 6.39. The van der Waals surface area contributed by atoms with Crippen LogP contribution in [0.15, 0.2) is 24.3 Å². The topological polar surface area (TPSA) is 61.2 Å². The summed E-state index contributed by atoms with van der Waals surface area (Å²) in [7, 11) is 0. The summed E-state index contributed by atoms with van der Waals surface area (Å²) >= 11 is 0. The molecule has 0 saturated carbocycles. The Bertz CT molecular complexity index is 352. The van der Waals surface area contributed by atoms with Crippen molar-refractivity contribution >= 4 is 11.7 Å². The van der Waals surface area contributed by atoms with Gasteiger partial charge in [0.2, 0.25) is 0 Å². The lowest BCUT2D eigenvalue weighted by Crippen LogP contribution is -2.07. The molecule has 0 heterocycles. The maximum atomic E-state index is 10.6. The molecule has 0 saturated heterocycles. The molecule has 0 atom stereocenters. The van der Waals surface area contributed by atoms with Crippen LogP contribution in [0.2, 0.25) is 0 Å². The van der Waals surface area contributed by atoms with E-state index >= 15 is 0 Å². The molecule has 1 aromatic carbocycles. The molecule has 1 rings (SSSR count). The second kappa shape index (κ2) is 4.05. The molecule has 0 aliphatic rings. The van der Waals surface area contributed by atoms with Gasteiger partial charge in [-0.1, -0.05) is 26.0 Å². The van der Waals surface area contributed by atoms with Gasteiger partial charge in [-0.25, -0.2) is 4.79 Å². The van der Waals surface area contributed by atoms with Crippen molar-refractivity contribution in [2.45, 2.75) is 13.8 Å². The lowest BCUT2D eigenvalue weighted by molar-refractivity contribution is 0.0697. The van der Waals surface area contributed by atoms with Crippen molar-refractivity contribution in [1.82, 2.24) is 0 Å². The van der Waals surface area contributed by atoms with Crippen molar-refractivity contribution in [3.63, 3.8) is 0 Å². The fraction of sp³-hybridized carbons (Fsp3) is 0.273. The van der Waals surface area contributed by atoms with Gasteiger partial charge in [-0.05, 0) is 23.6 Å². The van der Waals surface area contributed by atoms with E-state index in [0.29, 0.717) is 5.71 Å². The number of hydrogen-bond donors (Lipinski definition) is 2. The lowest BCUT2D eigenvalue weighted by Gasteiger charge is -2.07. The minimum Gasteiger partial charge on any atom is -0.478 e. The Morgan fingerprint density at radius 2 is 1.64 bits per heavy atom. The molecule has 0 aliphatic heterocycles. The van der Waals surface area contributed by atoms with E-state index in [4.69, 9.17) is 10.5 Å². The average molecular weight is 191 g/mol. The van der Waals surface area contributed by atoms with Gasteiger partial charge in [-0.15, -0.1) is 0 Å². The Kier molecular flexibility index (Phi) is 3.02. The molecular formula is C11H13NO2. The zero-order valence-corrected chi connectivity index (χ0v) is 8.24. The van der Waals surface area contributed by atoms with Gasteiger partial charge in [0.15, 0.2) is 0 Å². The molecular weight excluding hydrogens is 178 g/mol. The predicted molar refractivity (Wildman–Crippen MR) is 55.1 cm³/mol. The van der Waals surface area contributed by atoms with Crippen molar-refractivity contribution in [3.8, 4) is 0 Å². The van der Waals surface area contributed by atoms with Crippen molar-refractivity contribution in [3.05, 3.63) is 35.4 Å². The maximum absolute atomic E-state index is 10.6. The van der Waals surface area contributed by atoms with Gasteiger partial charge in [-0.2, -0.15) is 0 Å². The van der Waals surface area contributed by atoms with Crippen LogP contribution >= 0.6 is 0 Å². The monoisotopic (exact) mass is 191 g/mol. The Hall–Kier alpha value is -1.64. The molecule has 3 heteroatoms. The predicted octanol–water partition coefficient (Wildman–Crippen LogP) is 2.41. The molecule has 0 spiro atoms. The van der Waals surface area contributed by atoms with Gasteiger partial charge in [0.25, 0.3) is 0 Å². The van der Waals surface area contributed by atoms with Crippen LogP contribution in [0.25, 0.3) is 0 Å². The molecule has 1 aromatic rings. The van der Waals surface area contributed by atoms with Crippen LogP contribution < -0.4 is 0 Å². The molecule has 3 nitrogen and oxygen atoms in total. The van der Waals surface area contributed by atoms with E-state index in [1.54, 1.807) is 12.1 Å².